The number of nitrogens with one attached hydrogen (secondary N) is 1. The van der Waals surface area contributed by atoms with E-state index >= 15 is 0 Å². The van der Waals surface area contributed by atoms with Gasteiger partial charge in [0, 0.05) is 24.2 Å². The zero-order chi connectivity index (χ0) is 25.7. The fraction of sp³-hybridized carbons (Fsp3) is 0.375. The maximum Gasteiger partial charge on any atom is 0.255 e. The van der Waals surface area contributed by atoms with E-state index in [4.69, 9.17) is 11.6 Å². The molecule has 0 heterocycles. The zero-order valence-corrected chi connectivity index (χ0v) is 20.1. The maximum absolute atomic E-state index is 13.5. The number of anilines is 1. The van der Waals surface area contributed by atoms with E-state index in [1.54, 1.807) is 0 Å². The van der Waals surface area contributed by atoms with Gasteiger partial charge in [0.1, 0.15) is 5.60 Å². The number of amides is 1. The van der Waals surface area contributed by atoms with Crippen LogP contribution in [0.1, 0.15) is 43.0 Å². The van der Waals surface area contributed by atoms with Gasteiger partial charge in [0.25, 0.3) is 5.91 Å². The molecule has 2 aromatic carbocycles. The van der Waals surface area contributed by atoms with Gasteiger partial charge in [-0.2, -0.15) is 0 Å². The molecule has 2 bridgehead atoms. The van der Waals surface area contributed by atoms with Crippen molar-refractivity contribution in [3.63, 3.8) is 0 Å². The van der Waals surface area contributed by atoms with Crippen LogP contribution in [0.2, 0.25) is 5.02 Å². The number of halogens is 3. The molecule has 11 heteroatoms. The Morgan fingerprint density at radius 3 is 2.23 bits per heavy atom. The first-order chi connectivity index (χ1) is 16.4. The first-order valence-electron chi connectivity index (χ1n) is 10.9. The van der Waals surface area contributed by atoms with Crippen molar-refractivity contribution in [3.8, 4) is 0 Å². The van der Waals surface area contributed by atoms with Gasteiger partial charge in [0.15, 0.2) is 27.3 Å². The molecule has 2 aliphatic carbocycles. The van der Waals surface area contributed by atoms with Crippen molar-refractivity contribution < 1.29 is 36.7 Å². The summed E-state index contributed by atoms with van der Waals surface area (Å²) in [5, 5.41) is 12.3. The van der Waals surface area contributed by atoms with Crippen molar-refractivity contribution in [1.82, 2.24) is 0 Å². The summed E-state index contributed by atoms with van der Waals surface area (Å²) >= 11 is 6.19. The van der Waals surface area contributed by atoms with Gasteiger partial charge in [-0.25, -0.2) is 17.2 Å². The molecule has 0 radical (unpaired) electrons. The Hall–Kier alpha value is -2.69. The van der Waals surface area contributed by atoms with E-state index in [1.807, 2.05) is 0 Å². The Bertz CT molecular complexity index is 1330. The molecule has 2 saturated carbocycles. The number of ketones is 2. The van der Waals surface area contributed by atoms with Crippen LogP contribution in [0, 0.1) is 23.5 Å². The summed E-state index contributed by atoms with van der Waals surface area (Å²) in [5.74, 6) is -6.02. The molecule has 2 aliphatic rings. The quantitative estimate of drug-likeness (QED) is 0.555. The SMILES string of the molecule is CC(=O)C(=O)C1(O)C2CC[C@H]1CC(S(=O)(=O)c1cc(C(=O)Nc3ccc(F)c(F)c3)ccc1Cl)C2. The summed E-state index contributed by atoms with van der Waals surface area (Å²) in [6, 6.07) is 6.45. The van der Waals surface area contributed by atoms with Crippen LogP contribution in [0.4, 0.5) is 14.5 Å². The number of benzene rings is 2. The maximum atomic E-state index is 13.5. The van der Waals surface area contributed by atoms with Crippen LogP contribution in [0.5, 0.6) is 0 Å². The van der Waals surface area contributed by atoms with E-state index in [2.05, 4.69) is 5.32 Å². The highest BCUT2D eigenvalue weighted by molar-refractivity contribution is 7.92. The highest BCUT2D eigenvalue weighted by atomic mass is 35.5. The van der Waals surface area contributed by atoms with Crippen LogP contribution in [-0.4, -0.2) is 41.8 Å². The second kappa shape index (κ2) is 9.07. The van der Waals surface area contributed by atoms with Crippen LogP contribution in [0.15, 0.2) is 41.3 Å². The van der Waals surface area contributed by atoms with Gasteiger partial charge in [-0.15, -0.1) is 0 Å². The van der Waals surface area contributed by atoms with Crippen LogP contribution < -0.4 is 5.32 Å². The average molecular weight is 526 g/mol. The van der Waals surface area contributed by atoms with Crippen molar-refractivity contribution in [2.45, 2.75) is 48.4 Å². The number of sulfone groups is 1. The number of carbonyl (C=O) groups excluding carboxylic acids is 3. The molecule has 1 amide bonds. The largest absolute Gasteiger partial charge is 0.381 e. The summed E-state index contributed by atoms with van der Waals surface area (Å²) in [7, 11) is -4.08. The lowest BCUT2D eigenvalue weighted by Crippen LogP contribution is -2.55. The molecule has 0 aromatic heterocycles. The van der Waals surface area contributed by atoms with E-state index in [1.165, 1.54) is 12.1 Å². The van der Waals surface area contributed by atoms with Crippen LogP contribution >= 0.6 is 11.6 Å². The fourth-order valence-electron chi connectivity index (χ4n) is 5.23. The van der Waals surface area contributed by atoms with Crippen molar-refractivity contribution in [2.24, 2.45) is 11.8 Å². The molecule has 2 aromatic rings. The molecule has 7 nitrogen and oxygen atoms in total. The van der Waals surface area contributed by atoms with Crippen molar-refractivity contribution in [1.29, 1.82) is 0 Å². The molecule has 2 N–H and O–H groups in total. The Morgan fingerprint density at radius 2 is 1.66 bits per heavy atom. The molecule has 3 unspecified atom stereocenters. The van der Waals surface area contributed by atoms with Crippen molar-refractivity contribution in [3.05, 3.63) is 58.6 Å². The molecule has 0 saturated heterocycles. The molecular weight excluding hydrogens is 504 g/mol. The second-order valence-electron chi connectivity index (χ2n) is 9.05. The van der Waals surface area contributed by atoms with Gasteiger partial charge >= 0.3 is 0 Å². The zero-order valence-electron chi connectivity index (χ0n) is 18.6. The minimum Gasteiger partial charge on any atom is -0.381 e. The van der Waals surface area contributed by atoms with E-state index in [9.17, 15) is 36.7 Å². The number of aliphatic hydroxyl groups is 1. The first-order valence-corrected chi connectivity index (χ1v) is 12.9. The summed E-state index contributed by atoms with van der Waals surface area (Å²) in [5.41, 5.74) is -1.96. The molecule has 35 heavy (non-hydrogen) atoms. The average Bonchev–Trinajstić information content (AvgIpc) is 2.97. The Balaban J connectivity index is 1.60. The van der Waals surface area contributed by atoms with Crippen molar-refractivity contribution >= 4 is 44.6 Å². The fourth-order valence-corrected chi connectivity index (χ4v) is 7.63. The summed E-state index contributed by atoms with van der Waals surface area (Å²) in [6.07, 6.45) is 0.763. The third-order valence-electron chi connectivity index (χ3n) is 7.00. The Morgan fingerprint density at radius 1 is 1.03 bits per heavy atom. The number of carbonyl (C=O) groups is 3. The summed E-state index contributed by atoms with van der Waals surface area (Å²) in [6.45, 7) is 1.08. The van der Waals surface area contributed by atoms with Gasteiger partial charge in [-0.05, 0) is 67.9 Å². The number of fused-ring (bicyclic) bond motifs is 2. The van der Waals surface area contributed by atoms with Gasteiger partial charge in [-0.1, -0.05) is 11.6 Å². The normalized spacial score (nSPS) is 25.8. The number of Topliss-reactive ketones (excluding diaryl/α,β-unsaturated/α-hetero) is 2. The molecule has 2 fully saturated rings. The third kappa shape index (κ3) is 4.39. The van der Waals surface area contributed by atoms with Crippen LogP contribution in [0.25, 0.3) is 0 Å². The second-order valence-corrected chi connectivity index (χ2v) is 11.7. The van der Waals surface area contributed by atoms with E-state index < -0.39 is 61.6 Å². The number of hydrogen-bond acceptors (Lipinski definition) is 6. The molecular formula is C24H22ClF2NO6S. The third-order valence-corrected chi connectivity index (χ3v) is 9.66. The lowest BCUT2D eigenvalue weighted by Gasteiger charge is -2.40. The van der Waals surface area contributed by atoms with Gasteiger partial charge in [0.2, 0.25) is 5.78 Å². The highest BCUT2D eigenvalue weighted by Crippen LogP contribution is 2.52. The monoisotopic (exact) mass is 525 g/mol. The van der Waals surface area contributed by atoms with E-state index in [-0.39, 0.29) is 34.0 Å². The van der Waals surface area contributed by atoms with Crippen LogP contribution in [0.3, 0.4) is 0 Å². The van der Waals surface area contributed by atoms with E-state index in [0.29, 0.717) is 12.8 Å². The molecule has 4 rings (SSSR count). The lowest BCUT2D eigenvalue weighted by atomic mass is 9.71. The highest BCUT2D eigenvalue weighted by Gasteiger charge is 2.60. The first kappa shape index (κ1) is 25.4. The summed E-state index contributed by atoms with van der Waals surface area (Å²) < 4.78 is 53.6. The number of hydrogen-bond donors (Lipinski definition) is 2. The van der Waals surface area contributed by atoms with Gasteiger partial charge in [-0.3, -0.25) is 14.4 Å². The summed E-state index contributed by atoms with van der Waals surface area (Å²) in [4.78, 5) is 36.4. The molecule has 0 aliphatic heterocycles. The van der Waals surface area contributed by atoms with Gasteiger partial charge in [0.05, 0.1) is 15.2 Å². The molecule has 0 spiro atoms. The Labute approximate surface area is 205 Å². The topological polar surface area (TPSA) is 118 Å². The van der Waals surface area contributed by atoms with E-state index in [0.717, 1.165) is 31.2 Å². The Kier molecular flexibility index (Phi) is 6.58. The van der Waals surface area contributed by atoms with Gasteiger partial charge < -0.3 is 10.4 Å². The smallest absolute Gasteiger partial charge is 0.255 e. The molecule has 186 valence electrons. The van der Waals surface area contributed by atoms with Crippen LogP contribution in [-0.2, 0) is 19.4 Å². The minimum atomic E-state index is -4.08. The predicted octanol–water partition coefficient (Wildman–Crippen LogP) is 3.72. The lowest BCUT2D eigenvalue weighted by molar-refractivity contribution is -0.156. The predicted molar refractivity (Wildman–Crippen MR) is 123 cm³/mol. The van der Waals surface area contributed by atoms with Crippen molar-refractivity contribution in [2.75, 3.05) is 5.32 Å². The molecule has 4 atom stereocenters. The number of rotatable bonds is 6. The standard InChI is InChI=1S/C24H22ClF2NO6S/c1-12(29)22(30)24(32)14-3-4-15(24)10-17(9-14)35(33,34)21-8-13(2-6-18(21)25)23(31)28-16-5-7-19(26)20(27)11-16/h2,5-8,11,14-15,17,32H,3-4,9-10H2,1H3,(H,28,31)/t14-,15?,17?,24?/m0/s1. The minimum absolute atomic E-state index is 0.0217.